The molecule has 0 spiro atoms. The van der Waals surface area contributed by atoms with E-state index in [0.29, 0.717) is 0 Å². The van der Waals surface area contributed by atoms with Gasteiger partial charge in [-0.05, 0) is 38.7 Å². The first-order chi connectivity index (χ1) is 14.1. The molecule has 2 aliphatic rings. The summed E-state index contributed by atoms with van der Waals surface area (Å²) in [6.07, 6.45) is 11.6. The second-order valence-electron chi connectivity index (χ2n) is 14.4. The molecule has 4 atom stereocenters. The first-order valence-corrected chi connectivity index (χ1v) is 12.3. The molecule has 0 aromatic rings. The minimum absolute atomic E-state index is 0.0285. The summed E-state index contributed by atoms with van der Waals surface area (Å²) in [5, 5.41) is 23.4. The second kappa shape index (κ2) is 7.98. The molecule has 0 saturated heterocycles. The first-order valence-electron chi connectivity index (χ1n) is 12.3. The maximum atomic E-state index is 11.7. The van der Waals surface area contributed by atoms with Crippen molar-refractivity contribution in [3.63, 3.8) is 0 Å². The molecule has 0 radical (unpaired) electrons. The van der Waals surface area contributed by atoms with Crippen LogP contribution >= 0.6 is 0 Å². The van der Waals surface area contributed by atoms with E-state index in [2.05, 4.69) is 114 Å². The van der Waals surface area contributed by atoms with Gasteiger partial charge in [-0.25, -0.2) is 0 Å². The molecule has 0 heterocycles. The van der Waals surface area contributed by atoms with Crippen LogP contribution in [0.5, 0.6) is 0 Å². The highest BCUT2D eigenvalue weighted by Gasteiger charge is 2.62. The zero-order chi connectivity index (χ0) is 25.1. The summed E-state index contributed by atoms with van der Waals surface area (Å²) in [6.45, 7) is 29.0. The molecule has 2 nitrogen and oxygen atoms in total. The van der Waals surface area contributed by atoms with Crippen LogP contribution < -0.4 is 0 Å². The van der Waals surface area contributed by atoms with E-state index in [-0.39, 0.29) is 27.6 Å². The first kappa shape index (κ1) is 27.1. The maximum absolute atomic E-state index is 11.7. The van der Waals surface area contributed by atoms with Crippen LogP contribution in [0.25, 0.3) is 0 Å². The number of aliphatic hydroxyl groups excluding tert-OH is 2. The molecule has 0 fully saturated rings. The van der Waals surface area contributed by atoms with Crippen LogP contribution in [0.15, 0.2) is 47.6 Å². The highest BCUT2D eigenvalue weighted by atomic mass is 16.3. The Balaban J connectivity index is 2.94. The molecular weight excluding hydrogens is 392 g/mol. The third-order valence-electron chi connectivity index (χ3n) is 8.45. The Hall–Kier alpha value is -1.12. The lowest BCUT2D eigenvalue weighted by atomic mass is 9.43. The fraction of sp³-hybridized carbons (Fsp3) is 0.733. The lowest BCUT2D eigenvalue weighted by Gasteiger charge is -2.62. The van der Waals surface area contributed by atoms with Crippen molar-refractivity contribution in [2.45, 2.75) is 102 Å². The topological polar surface area (TPSA) is 40.5 Å². The van der Waals surface area contributed by atoms with Gasteiger partial charge in [0.05, 0.1) is 12.2 Å². The fourth-order valence-corrected chi connectivity index (χ4v) is 6.20. The van der Waals surface area contributed by atoms with Crippen LogP contribution in [-0.2, 0) is 0 Å². The van der Waals surface area contributed by atoms with Gasteiger partial charge in [-0.3, -0.25) is 0 Å². The molecule has 0 aromatic carbocycles. The van der Waals surface area contributed by atoms with Gasteiger partial charge >= 0.3 is 0 Å². The van der Waals surface area contributed by atoms with E-state index in [1.165, 1.54) is 11.1 Å². The number of rotatable bonds is 2. The molecule has 0 amide bonds. The zero-order valence-electron chi connectivity index (χ0n) is 23.1. The molecule has 0 aromatic heterocycles. The van der Waals surface area contributed by atoms with Crippen molar-refractivity contribution in [3.05, 3.63) is 47.6 Å². The standard InChI is InChI=1S/C30H50O2/c1-20(29(27(8,9)10)18-21(25(2,3)4)14-16-23(29)31)30(28(11,12)13)19-22(26(5,6)7)15-17-24(30)32/h14-20,23-24,31-32H,1-13H3. The largest absolute Gasteiger partial charge is 0.388 e. The van der Waals surface area contributed by atoms with Gasteiger partial charge in [-0.2, -0.15) is 0 Å². The number of aliphatic hydroxyl groups is 2. The van der Waals surface area contributed by atoms with E-state index < -0.39 is 23.0 Å². The van der Waals surface area contributed by atoms with Gasteiger partial charge in [0.25, 0.3) is 0 Å². The summed E-state index contributed by atoms with van der Waals surface area (Å²) < 4.78 is 0. The molecule has 2 N–H and O–H groups in total. The van der Waals surface area contributed by atoms with E-state index in [1.54, 1.807) is 0 Å². The number of allylic oxidation sites excluding steroid dienone is 4. The monoisotopic (exact) mass is 442 g/mol. The molecular formula is C30H50O2. The van der Waals surface area contributed by atoms with Gasteiger partial charge in [0.15, 0.2) is 0 Å². The predicted octanol–water partition coefficient (Wildman–Crippen LogP) is 7.49. The predicted molar refractivity (Wildman–Crippen MR) is 138 cm³/mol. The van der Waals surface area contributed by atoms with E-state index >= 15 is 0 Å². The molecule has 32 heavy (non-hydrogen) atoms. The lowest BCUT2D eigenvalue weighted by molar-refractivity contribution is -0.130. The van der Waals surface area contributed by atoms with Crippen molar-refractivity contribution < 1.29 is 10.2 Å². The van der Waals surface area contributed by atoms with Crippen LogP contribution in [0.3, 0.4) is 0 Å². The van der Waals surface area contributed by atoms with Crippen molar-refractivity contribution in [3.8, 4) is 0 Å². The SMILES string of the molecule is CC(C1(C(C)(C)C)C=C(C(C)(C)C)C=CC1O)C1(C(C)(C)C)C=C(C(C)(C)C)C=CC1O. The molecule has 182 valence electrons. The average molecular weight is 443 g/mol. The highest BCUT2D eigenvalue weighted by Crippen LogP contribution is 2.64. The highest BCUT2D eigenvalue weighted by molar-refractivity contribution is 5.41. The second-order valence-corrected chi connectivity index (χ2v) is 14.4. The van der Waals surface area contributed by atoms with Crippen LogP contribution in [0, 0.1) is 38.4 Å². The molecule has 0 aliphatic heterocycles. The molecule has 2 heteroatoms. The van der Waals surface area contributed by atoms with E-state index in [4.69, 9.17) is 0 Å². The Morgan fingerprint density at radius 2 is 0.906 bits per heavy atom. The van der Waals surface area contributed by atoms with Gasteiger partial charge in [0, 0.05) is 10.8 Å². The third-order valence-corrected chi connectivity index (χ3v) is 8.45. The Bertz CT molecular complexity index is 756. The normalized spacial score (nSPS) is 33.1. The van der Waals surface area contributed by atoms with Crippen LogP contribution in [0.2, 0.25) is 0 Å². The van der Waals surface area contributed by atoms with Gasteiger partial charge in [-0.15, -0.1) is 0 Å². The third kappa shape index (κ3) is 4.23. The van der Waals surface area contributed by atoms with Crippen LogP contribution in [0.1, 0.15) is 90.0 Å². The molecule has 0 saturated carbocycles. The minimum Gasteiger partial charge on any atom is -0.388 e. The van der Waals surface area contributed by atoms with Gasteiger partial charge in [0.2, 0.25) is 0 Å². The van der Waals surface area contributed by atoms with Gasteiger partial charge < -0.3 is 10.2 Å². The molecule has 2 rings (SSSR count). The summed E-state index contributed by atoms with van der Waals surface area (Å²) in [5.41, 5.74) is 0.860. The fourth-order valence-electron chi connectivity index (χ4n) is 6.20. The summed E-state index contributed by atoms with van der Waals surface area (Å²) in [5.74, 6) is -0.0374. The van der Waals surface area contributed by atoms with Crippen LogP contribution in [-0.4, -0.2) is 22.4 Å². The Morgan fingerprint density at radius 1 is 0.625 bits per heavy atom. The van der Waals surface area contributed by atoms with Crippen molar-refractivity contribution in [1.82, 2.24) is 0 Å². The van der Waals surface area contributed by atoms with Crippen molar-refractivity contribution in [2.24, 2.45) is 38.4 Å². The van der Waals surface area contributed by atoms with Crippen LogP contribution in [0.4, 0.5) is 0 Å². The van der Waals surface area contributed by atoms with Crippen molar-refractivity contribution in [1.29, 1.82) is 0 Å². The molecule has 4 unspecified atom stereocenters. The summed E-state index contributed by atoms with van der Waals surface area (Å²) in [6, 6.07) is 0. The van der Waals surface area contributed by atoms with Crippen molar-refractivity contribution in [2.75, 3.05) is 0 Å². The molecule has 2 aliphatic carbocycles. The van der Waals surface area contributed by atoms with Gasteiger partial charge in [0.1, 0.15) is 0 Å². The van der Waals surface area contributed by atoms with E-state index in [1.807, 2.05) is 12.2 Å². The zero-order valence-corrected chi connectivity index (χ0v) is 23.1. The summed E-state index contributed by atoms with van der Waals surface area (Å²) >= 11 is 0. The Kier molecular flexibility index (Phi) is 6.77. The van der Waals surface area contributed by atoms with E-state index in [9.17, 15) is 10.2 Å². The van der Waals surface area contributed by atoms with E-state index in [0.717, 1.165) is 0 Å². The smallest absolute Gasteiger partial charge is 0.0822 e. The maximum Gasteiger partial charge on any atom is 0.0822 e. The molecule has 0 bridgehead atoms. The number of hydrogen-bond acceptors (Lipinski definition) is 2. The van der Waals surface area contributed by atoms with Gasteiger partial charge in [-0.1, -0.05) is 126 Å². The minimum atomic E-state index is -0.632. The average Bonchev–Trinajstić information content (AvgIpc) is 2.57. The number of hydrogen-bond donors (Lipinski definition) is 2. The lowest BCUT2D eigenvalue weighted by Crippen LogP contribution is -2.61. The van der Waals surface area contributed by atoms with Crippen molar-refractivity contribution >= 4 is 0 Å². The summed E-state index contributed by atoms with van der Waals surface area (Å²) in [7, 11) is 0. The quantitative estimate of drug-likeness (QED) is 0.465. The Morgan fingerprint density at radius 3 is 1.12 bits per heavy atom. The Labute approximate surface area is 198 Å². The summed E-state index contributed by atoms with van der Waals surface area (Å²) in [4.78, 5) is 0.